The van der Waals surface area contributed by atoms with Crippen molar-refractivity contribution in [2.45, 2.75) is 25.8 Å². The first-order valence-electron chi connectivity index (χ1n) is 7.24. The van der Waals surface area contributed by atoms with E-state index < -0.39 is 17.8 Å². The highest BCUT2D eigenvalue weighted by molar-refractivity contribution is 6.36. The fraction of sp³-hybridized carbons (Fsp3) is 0.438. The van der Waals surface area contributed by atoms with E-state index in [0.29, 0.717) is 30.7 Å². The second kappa shape index (κ2) is 7.06. The van der Waals surface area contributed by atoms with Crippen molar-refractivity contribution in [3.63, 3.8) is 0 Å². The zero-order valence-electron chi connectivity index (χ0n) is 12.7. The van der Waals surface area contributed by atoms with E-state index >= 15 is 0 Å². The monoisotopic (exact) mass is 305 g/mol. The Bertz CT molecular complexity index is 566. The van der Waals surface area contributed by atoms with Crippen LogP contribution in [0.15, 0.2) is 24.3 Å². The third-order valence-electron chi connectivity index (χ3n) is 3.63. The fourth-order valence-electron chi connectivity index (χ4n) is 2.52. The molecule has 1 saturated heterocycles. The molecule has 0 bridgehead atoms. The zero-order chi connectivity index (χ0) is 16.1. The third kappa shape index (κ3) is 3.27. The van der Waals surface area contributed by atoms with Crippen LogP contribution in [0.5, 0.6) is 5.75 Å². The maximum atomic E-state index is 12.5. The van der Waals surface area contributed by atoms with E-state index in [2.05, 4.69) is 0 Å². The summed E-state index contributed by atoms with van der Waals surface area (Å²) in [6.45, 7) is 2.24. The van der Waals surface area contributed by atoms with Crippen LogP contribution in [0.1, 0.15) is 30.1 Å². The number of hydrogen-bond donors (Lipinski definition) is 0. The highest BCUT2D eigenvalue weighted by Crippen LogP contribution is 2.22. The summed E-state index contributed by atoms with van der Waals surface area (Å²) in [7, 11) is 1.55. The van der Waals surface area contributed by atoms with Crippen LogP contribution in [0.4, 0.5) is 0 Å². The largest absolute Gasteiger partial charge is 0.497 e. The van der Waals surface area contributed by atoms with E-state index in [1.54, 1.807) is 38.3 Å². The van der Waals surface area contributed by atoms with Gasteiger partial charge in [0.05, 0.1) is 13.7 Å². The third-order valence-corrected chi connectivity index (χ3v) is 3.63. The van der Waals surface area contributed by atoms with E-state index in [-0.39, 0.29) is 12.5 Å². The highest BCUT2D eigenvalue weighted by atomic mass is 16.5. The second-order valence-corrected chi connectivity index (χ2v) is 4.97. The molecule has 2 rings (SSSR count). The summed E-state index contributed by atoms with van der Waals surface area (Å²) < 4.78 is 9.79. The smallest absolute Gasteiger partial charge is 0.376 e. The number of ketones is 1. The molecule has 0 aliphatic carbocycles. The Balaban J connectivity index is 2.13. The Morgan fingerprint density at radius 1 is 1.23 bits per heavy atom. The summed E-state index contributed by atoms with van der Waals surface area (Å²) in [5.41, 5.74) is 0.462. The molecule has 1 fully saturated rings. The maximum Gasteiger partial charge on any atom is 0.376 e. The Hall–Kier alpha value is -2.37. The van der Waals surface area contributed by atoms with Crippen LogP contribution in [0.25, 0.3) is 0 Å². The minimum Gasteiger partial charge on any atom is -0.497 e. The SMILES string of the molecule is CCOC(=O)C(=O)[C@@H]1CCCN1C(=O)c1ccc(OC)cc1. The predicted octanol–water partition coefficient (Wildman–Crippen LogP) is 1.43. The molecule has 6 nitrogen and oxygen atoms in total. The topological polar surface area (TPSA) is 72.9 Å². The molecule has 0 N–H and O–H groups in total. The van der Waals surface area contributed by atoms with Gasteiger partial charge in [0, 0.05) is 12.1 Å². The molecule has 1 aromatic rings. The number of nitrogens with zero attached hydrogens (tertiary/aromatic N) is 1. The van der Waals surface area contributed by atoms with Crippen LogP contribution < -0.4 is 4.74 Å². The van der Waals surface area contributed by atoms with Crippen molar-refractivity contribution in [3.05, 3.63) is 29.8 Å². The number of amides is 1. The number of benzene rings is 1. The summed E-state index contributed by atoms with van der Waals surface area (Å²) in [6, 6.07) is 5.93. The first-order valence-corrected chi connectivity index (χ1v) is 7.24. The first kappa shape index (κ1) is 16.0. The van der Waals surface area contributed by atoms with Crippen molar-refractivity contribution < 1.29 is 23.9 Å². The minimum absolute atomic E-state index is 0.143. The van der Waals surface area contributed by atoms with Crippen molar-refractivity contribution in [1.82, 2.24) is 4.90 Å². The Morgan fingerprint density at radius 3 is 2.50 bits per heavy atom. The van der Waals surface area contributed by atoms with Gasteiger partial charge in [-0.2, -0.15) is 0 Å². The fourth-order valence-corrected chi connectivity index (χ4v) is 2.52. The highest BCUT2D eigenvalue weighted by Gasteiger charge is 2.38. The van der Waals surface area contributed by atoms with Gasteiger partial charge in [-0.3, -0.25) is 9.59 Å². The van der Waals surface area contributed by atoms with Gasteiger partial charge in [0.1, 0.15) is 11.8 Å². The number of rotatable bonds is 5. The molecule has 0 saturated carbocycles. The van der Waals surface area contributed by atoms with Crippen LogP contribution in [0.3, 0.4) is 0 Å². The van der Waals surface area contributed by atoms with Crippen LogP contribution in [0.2, 0.25) is 0 Å². The molecule has 1 aromatic carbocycles. The van der Waals surface area contributed by atoms with Gasteiger partial charge in [-0.15, -0.1) is 0 Å². The number of carbonyl (C=O) groups is 3. The summed E-state index contributed by atoms with van der Waals surface area (Å²) >= 11 is 0. The van der Waals surface area contributed by atoms with Gasteiger partial charge in [-0.1, -0.05) is 0 Å². The van der Waals surface area contributed by atoms with Gasteiger partial charge in [0.15, 0.2) is 0 Å². The molecular formula is C16H19NO5. The summed E-state index contributed by atoms with van der Waals surface area (Å²) in [5, 5.41) is 0. The Labute approximate surface area is 129 Å². The molecule has 0 radical (unpaired) electrons. The molecule has 1 amide bonds. The predicted molar refractivity (Wildman–Crippen MR) is 78.7 cm³/mol. The molecule has 1 aliphatic heterocycles. The molecule has 1 heterocycles. The normalized spacial score (nSPS) is 17.2. The minimum atomic E-state index is -0.873. The van der Waals surface area contributed by atoms with E-state index in [1.165, 1.54) is 4.90 Å². The summed E-state index contributed by atoms with van der Waals surface area (Å²) in [6.07, 6.45) is 1.18. The maximum absolute atomic E-state index is 12.5. The lowest BCUT2D eigenvalue weighted by molar-refractivity contribution is -0.155. The molecule has 22 heavy (non-hydrogen) atoms. The number of Topliss-reactive ketones (excluding diaryl/α,β-unsaturated/α-hetero) is 1. The van der Waals surface area contributed by atoms with Crippen LogP contribution in [-0.4, -0.2) is 48.9 Å². The average Bonchev–Trinajstić information content (AvgIpc) is 3.03. The Kier molecular flexibility index (Phi) is 5.14. The molecule has 0 aromatic heterocycles. The van der Waals surface area contributed by atoms with Gasteiger partial charge in [-0.25, -0.2) is 4.79 Å². The van der Waals surface area contributed by atoms with E-state index in [4.69, 9.17) is 9.47 Å². The van der Waals surface area contributed by atoms with Crippen LogP contribution in [0, 0.1) is 0 Å². The molecule has 0 spiro atoms. The molecule has 1 atom stereocenters. The van der Waals surface area contributed by atoms with Crippen molar-refractivity contribution in [2.24, 2.45) is 0 Å². The molecule has 118 valence electrons. The quantitative estimate of drug-likeness (QED) is 0.608. The Morgan fingerprint density at radius 2 is 1.91 bits per heavy atom. The summed E-state index contributed by atoms with van der Waals surface area (Å²) in [5.74, 6) is -1.14. The summed E-state index contributed by atoms with van der Waals surface area (Å²) in [4.78, 5) is 37.7. The molecule has 0 unspecified atom stereocenters. The van der Waals surface area contributed by atoms with Crippen molar-refractivity contribution >= 4 is 17.7 Å². The van der Waals surface area contributed by atoms with Gasteiger partial charge < -0.3 is 14.4 Å². The lowest BCUT2D eigenvalue weighted by Crippen LogP contribution is -2.43. The number of hydrogen-bond acceptors (Lipinski definition) is 5. The lowest BCUT2D eigenvalue weighted by Gasteiger charge is -2.23. The second-order valence-electron chi connectivity index (χ2n) is 4.97. The average molecular weight is 305 g/mol. The number of carbonyl (C=O) groups excluding carboxylic acids is 3. The standard InChI is InChI=1S/C16H19NO5/c1-3-22-16(20)14(18)13-5-4-10-17(13)15(19)11-6-8-12(21-2)9-7-11/h6-9,13H,3-5,10H2,1-2H3/t13-/m0/s1. The van der Waals surface area contributed by atoms with Gasteiger partial charge in [-0.05, 0) is 44.0 Å². The van der Waals surface area contributed by atoms with Crippen molar-refractivity contribution in [3.8, 4) is 5.75 Å². The molecular weight excluding hydrogens is 286 g/mol. The number of ether oxygens (including phenoxy) is 2. The van der Waals surface area contributed by atoms with Crippen molar-refractivity contribution in [2.75, 3.05) is 20.3 Å². The van der Waals surface area contributed by atoms with Crippen LogP contribution in [-0.2, 0) is 14.3 Å². The molecule has 6 heteroatoms. The van der Waals surface area contributed by atoms with E-state index in [9.17, 15) is 14.4 Å². The van der Waals surface area contributed by atoms with Gasteiger partial charge >= 0.3 is 5.97 Å². The molecule has 1 aliphatic rings. The van der Waals surface area contributed by atoms with Crippen molar-refractivity contribution in [1.29, 1.82) is 0 Å². The zero-order valence-corrected chi connectivity index (χ0v) is 12.7. The van der Waals surface area contributed by atoms with Gasteiger partial charge in [0.25, 0.3) is 11.7 Å². The van der Waals surface area contributed by atoms with E-state index in [0.717, 1.165) is 0 Å². The number of likely N-dealkylation sites (tertiary alicyclic amines) is 1. The van der Waals surface area contributed by atoms with Crippen LogP contribution >= 0.6 is 0 Å². The number of esters is 1. The number of methoxy groups -OCH3 is 1. The first-order chi connectivity index (χ1) is 10.6. The van der Waals surface area contributed by atoms with Gasteiger partial charge in [0.2, 0.25) is 0 Å². The van der Waals surface area contributed by atoms with E-state index in [1.807, 2.05) is 0 Å². The lowest BCUT2D eigenvalue weighted by atomic mass is 10.1.